The van der Waals surface area contributed by atoms with Crippen molar-refractivity contribution in [3.8, 4) is 0 Å². The van der Waals surface area contributed by atoms with E-state index in [0.29, 0.717) is 0 Å². The summed E-state index contributed by atoms with van der Waals surface area (Å²) in [6.07, 6.45) is 0.114. The molecular weight excluding hydrogens is 400 g/mol. The van der Waals surface area contributed by atoms with E-state index < -0.39 is 54.5 Å². The van der Waals surface area contributed by atoms with E-state index in [-0.39, 0.29) is 12.2 Å². The Morgan fingerprint density at radius 1 is 1.00 bits per heavy atom. The fourth-order valence-electron chi connectivity index (χ4n) is 2.26. The van der Waals surface area contributed by atoms with Crippen LogP contribution in [0, 0.1) is 0 Å². The van der Waals surface area contributed by atoms with Crippen molar-refractivity contribution < 1.29 is 29.4 Å². The summed E-state index contributed by atoms with van der Waals surface area (Å²) in [6.45, 7) is 0.687. The van der Waals surface area contributed by atoms with Gasteiger partial charge in [-0.05, 0) is 12.5 Å². The molecule has 1 rings (SSSR count). The molecule has 1 aromatic rings. The van der Waals surface area contributed by atoms with Gasteiger partial charge < -0.3 is 31.9 Å². The van der Waals surface area contributed by atoms with E-state index in [1.807, 2.05) is 0 Å². The van der Waals surface area contributed by atoms with Crippen LogP contribution in [0.1, 0.15) is 12.5 Å². The molecule has 160 valence electrons. The van der Waals surface area contributed by atoms with E-state index in [9.17, 15) is 19.2 Å². The van der Waals surface area contributed by atoms with Crippen molar-refractivity contribution >= 4 is 36.3 Å². The van der Waals surface area contributed by atoms with Gasteiger partial charge >= 0.3 is 5.97 Å². The zero-order valence-electron chi connectivity index (χ0n) is 15.9. The Hall–Kier alpha value is -2.63. The SMILES string of the molecule is CC(NC(=O)C(CS)NC(=O)C(Cc1ccccc1)NC(=O)C(N)CO)C(=O)O. The summed E-state index contributed by atoms with van der Waals surface area (Å²) in [5.74, 6) is -3.44. The maximum Gasteiger partial charge on any atom is 0.325 e. The molecule has 0 saturated carbocycles. The lowest BCUT2D eigenvalue weighted by Crippen LogP contribution is -2.58. The lowest BCUT2D eigenvalue weighted by Gasteiger charge is -2.24. The van der Waals surface area contributed by atoms with Gasteiger partial charge in [0.1, 0.15) is 24.2 Å². The van der Waals surface area contributed by atoms with E-state index in [4.69, 9.17) is 15.9 Å². The highest BCUT2D eigenvalue weighted by atomic mass is 32.1. The molecule has 0 saturated heterocycles. The molecule has 0 aliphatic rings. The highest BCUT2D eigenvalue weighted by Gasteiger charge is 2.28. The smallest absolute Gasteiger partial charge is 0.325 e. The van der Waals surface area contributed by atoms with Crippen molar-refractivity contribution in [2.75, 3.05) is 12.4 Å². The van der Waals surface area contributed by atoms with Crippen molar-refractivity contribution in [2.24, 2.45) is 5.73 Å². The van der Waals surface area contributed by atoms with Crippen LogP contribution in [-0.2, 0) is 25.6 Å². The van der Waals surface area contributed by atoms with Crippen LogP contribution in [0.25, 0.3) is 0 Å². The number of nitrogens with one attached hydrogen (secondary N) is 3. The van der Waals surface area contributed by atoms with Crippen molar-refractivity contribution in [3.63, 3.8) is 0 Å². The van der Waals surface area contributed by atoms with Crippen molar-refractivity contribution in [1.82, 2.24) is 16.0 Å². The van der Waals surface area contributed by atoms with Crippen LogP contribution in [0.5, 0.6) is 0 Å². The van der Waals surface area contributed by atoms with Crippen LogP contribution in [0.3, 0.4) is 0 Å². The Morgan fingerprint density at radius 3 is 2.07 bits per heavy atom. The molecule has 3 amide bonds. The number of carboxylic acids is 1. The molecule has 10 nitrogen and oxygen atoms in total. The van der Waals surface area contributed by atoms with E-state index >= 15 is 0 Å². The monoisotopic (exact) mass is 426 g/mol. The second-order valence-corrected chi connectivity index (χ2v) is 6.72. The first-order valence-electron chi connectivity index (χ1n) is 8.84. The summed E-state index contributed by atoms with van der Waals surface area (Å²) in [5, 5.41) is 25.1. The maximum atomic E-state index is 12.7. The molecule has 0 aliphatic carbocycles. The van der Waals surface area contributed by atoms with Gasteiger partial charge in [-0.15, -0.1) is 0 Å². The topological polar surface area (TPSA) is 171 Å². The van der Waals surface area contributed by atoms with Crippen LogP contribution >= 0.6 is 12.6 Å². The quantitative estimate of drug-likeness (QED) is 0.201. The van der Waals surface area contributed by atoms with Gasteiger partial charge in [0.15, 0.2) is 0 Å². The molecule has 4 atom stereocenters. The second kappa shape index (κ2) is 12.0. The van der Waals surface area contributed by atoms with Crippen LogP contribution in [0.15, 0.2) is 30.3 Å². The number of aliphatic hydroxyl groups excluding tert-OH is 1. The van der Waals surface area contributed by atoms with Crippen LogP contribution in [0.4, 0.5) is 0 Å². The fourth-order valence-corrected chi connectivity index (χ4v) is 2.52. The van der Waals surface area contributed by atoms with Gasteiger partial charge in [0.2, 0.25) is 17.7 Å². The fraction of sp³-hybridized carbons (Fsp3) is 0.444. The van der Waals surface area contributed by atoms with Crippen molar-refractivity contribution in [2.45, 2.75) is 37.5 Å². The predicted molar refractivity (Wildman–Crippen MR) is 108 cm³/mol. The standard InChI is InChI=1S/C18H26N4O6S/c1-10(18(27)28)20-17(26)14(9-29)22-16(25)13(21-15(24)12(19)8-23)7-11-5-3-2-4-6-11/h2-6,10,12-14,23,29H,7-9,19H2,1H3,(H,20,26)(H,21,24)(H,22,25)(H,27,28). The first-order valence-corrected chi connectivity index (χ1v) is 9.48. The third kappa shape index (κ3) is 8.10. The Kier molecular flexibility index (Phi) is 10.1. The van der Waals surface area contributed by atoms with Crippen LogP contribution < -0.4 is 21.7 Å². The Labute approximate surface area is 173 Å². The third-order valence-corrected chi connectivity index (χ3v) is 4.36. The number of aliphatic hydroxyl groups is 1. The molecule has 0 heterocycles. The van der Waals surface area contributed by atoms with Crippen molar-refractivity contribution in [3.05, 3.63) is 35.9 Å². The summed E-state index contributed by atoms with van der Waals surface area (Å²) in [6, 6.07) is 4.30. The zero-order valence-corrected chi connectivity index (χ0v) is 16.8. The second-order valence-electron chi connectivity index (χ2n) is 6.35. The molecule has 0 bridgehead atoms. The Morgan fingerprint density at radius 2 is 1.55 bits per heavy atom. The van der Waals surface area contributed by atoms with Gasteiger partial charge in [0.05, 0.1) is 6.61 Å². The van der Waals surface area contributed by atoms with E-state index in [2.05, 4.69) is 28.6 Å². The predicted octanol–water partition coefficient (Wildman–Crippen LogP) is -1.96. The number of benzene rings is 1. The minimum Gasteiger partial charge on any atom is -0.480 e. The molecular formula is C18H26N4O6S. The molecule has 0 aromatic heterocycles. The van der Waals surface area contributed by atoms with Gasteiger partial charge in [-0.1, -0.05) is 30.3 Å². The van der Waals surface area contributed by atoms with Crippen LogP contribution in [0.2, 0.25) is 0 Å². The lowest BCUT2D eigenvalue weighted by molar-refractivity contribution is -0.141. The zero-order chi connectivity index (χ0) is 22.0. The summed E-state index contributed by atoms with van der Waals surface area (Å²) in [4.78, 5) is 47.9. The minimum atomic E-state index is -1.23. The molecule has 0 radical (unpaired) electrons. The number of aliphatic carboxylic acids is 1. The number of carbonyl (C=O) groups is 4. The Balaban J connectivity index is 2.91. The number of carboxylic acid groups (broad SMARTS) is 1. The number of nitrogens with two attached hydrogens (primary N) is 1. The van der Waals surface area contributed by atoms with Gasteiger partial charge in [-0.2, -0.15) is 12.6 Å². The average Bonchev–Trinajstić information content (AvgIpc) is 2.70. The number of carbonyl (C=O) groups excluding carboxylic acids is 3. The van der Waals surface area contributed by atoms with Gasteiger partial charge in [0.25, 0.3) is 0 Å². The number of hydrogen-bond acceptors (Lipinski definition) is 7. The van der Waals surface area contributed by atoms with Gasteiger partial charge in [-0.25, -0.2) is 0 Å². The summed E-state index contributed by atoms with van der Waals surface area (Å²) >= 11 is 4.03. The summed E-state index contributed by atoms with van der Waals surface area (Å²) in [5.41, 5.74) is 6.24. The first-order chi connectivity index (χ1) is 13.7. The molecule has 11 heteroatoms. The highest BCUT2D eigenvalue weighted by Crippen LogP contribution is 2.05. The minimum absolute atomic E-state index is 0.0912. The molecule has 4 unspecified atom stereocenters. The van der Waals surface area contributed by atoms with Gasteiger partial charge in [-0.3, -0.25) is 19.2 Å². The molecule has 0 fully saturated rings. The average molecular weight is 426 g/mol. The number of hydrogen-bond donors (Lipinski definition) is 7. The normalized spacial score (nSPS) is 14.8. The van der Waals surface area contributed by atoms with E-state index in [0.717, 1.165) is 5.56 Å². The first kappa shape index (κ1) is 24.4. The van der Waals surface area contributed by atoms with Crippen LogP contribution in [-0.4, -0.2) is 70.4 Å². The lowest BCUT2D eigenvalue weighted by atomic mass is 10.0. The number of rotatable bonds is 11. The summed E-state index contributed by atoms with van der Waals surface area (Å²) in [7, 11) is 0. The molecule has 29 heavy (non-hydrogen) atoms. The highest BCUT2D eigenvalue weighted by molar-refractivity contribution is 7.80. The molecule has 1 aromatic carbocycles. The largest absolute Gasteiger partial charge is 0.480 e. The maximum absolute atomic E-state index is 12.7. The van der Waals surface area contributed by atoms with E-state index in [1.54, 1.807) is 30.3 Å². The molecule has 0 aliphatic heterocycles. The third-order valence-electron chi connectivity index (χ3n) is 3.99. The summed E-state index contributed by atoms with van der Waals surface area (Å²) < 4.78 is 0. The Bertz CT molecular complexity index is 718. The molecule has 0 spiro atoms. The van der Waals surface area contributed by atoms with Crippen molar-refractivity contribution in [1.29, 1.82) is 0 Å². The van der Waals surface area contributed by atoms with Gasteiger partial charge in [0, 0.05) is 12.2 Å². The van der Waals surface area contributed by atoms with E-state index in [1.165, 1.54) is 6.92 Å². The molecule has 7 N–H and O–H groups in total. The number of thiol groups is 1. The number of amides is 3.